The molecule has 0 radical (unpaired) electrons. The van der Waals surface area contributed by atoms with Crippen molar-refractivity contribution in [1.29, 1.82) is 0 Å². The molecular weight excluding hydrogens is 830 g/mol. The maximum absolute atomic E-state index is 13.9. The Morgan fingerprint density at radius 3 is 2.43 bits per heavy atom. The Labute approximate surface area is 354 Å². The van der Waals surface area contributed by atoms with E-state index in [1.807, 2.05) is 68.0 Å². The Morgan fingerprint density at radius 2 is 1.73 bits per heavy atom. The lowest BCUT2D eigenvalue weighted by atomic mass is 10.00. The summed E-state index contributed by atoms with van der Waals surface area (Å²) in [6, 6.07) is 12.4. The maximum atomic E-state index is 13.9. The van der Waals surface area contributed by atoms with Crippen molar-refractivity contribution in [3.63, 3.8) is 0 Å². The van der Waals surface area contributed by atoms with Gasteiger partial charge in [-0.3, -0.25) is 48.6 Å². The molecule has 1 atom stereocenters. The number of hydrogen-bond acceptors (Lipinski definition) is 10. The minimum Gasteiger partial charge on any atom is -0.354 e. The number of carbonyl (C=O) groups excluding carboxylic acids is 5. The molecule has 310 valence electrons. The molecule has 2 fully saturated rings. The summed E-state index contributed by atoms with van der Waals surface area (Å²) in [5.74, 6) is -1.60. The lowest BCUT2D eigenvalue weighted by molar-refractivity contribution is -0.136. The van der Waals surface area contributed by atoms with Crippen molar-refractivity contribution in [2.75, 3.05) is 31.1 Å². The van der Waals surface area contributed by atoms with Gasteiger partial charge in [-0.15, -0.1) is 0 Å². The predicted octanol–water partition coefficient (Wildman–Crippen LogP) is 5.04. The second-order valence-electron chi connectivity index (χ2n) is 15.9. The monoisotopic (exact) mass is 875 g/mol. The molecule has 6 heterocycles. The number of imide groups is 2. The number of rotatable bonds is 11. The van der Waals surface area contributed by atoms with Crippen LogP contribution in [0, 0.1) is 6.92 Å². The molecule has 16 heteroatoms. The Balaban J connectivity index is 0.951. The number of carbonyl (C=O) groups is 5. The van der Waals surface area contributed by atoms with Crippen LogP contribution in [-0.2, 0) is 29.1 Å². The van der Waals surface area contributed by atoms with Gasteiger partial charge in [-0.05, 0) is 103 Å². The molecule has 0 bridgehead atoms. The Bertz CT molecular complexity index is 2630. The smallest absolute Gasteiger partial charge is 0.263 e. The summed E-state index contributed by atoms with van der Waals surface area (Å²) >= 11 is 3.60. The number of hydrogen-bond donors (Lipinski definition) is 3. The molecule has 3 aliphatic heterocycles. The zero-order valence-electron chi connectivity index (χ0n) is 33.9. The highest BCUT2D eigenvalue weighted by molar-refractivity contribution is 9.10. The molecule has 0 spiro atoms. The number of aromatic amines is 1. The number of H-pyrrole nitrogens is 1. The Morgan fingerprint density at radius 1 is 0.950 bits per heavy atom. The lowest BCUT2D eigenvalue weighted by Crippen LogP contribution is -2.54. The van der Waals surface area contributed by atoms with Gasteiger partial charge in [0.05, 0.1) is 28.4 Å². The van der Waals surface area contributed by atoms with E-state index in [4.69, 9.17) is 4.98 Å². The van der Waals surface area contributed by atoms with Gasteiger partial charge >= 0.3 is 0 Å². The molecule has 3 aromatic heterocycles. The van der Waals surface area contributed by atoms with Crippen LogP contribution in [0.5, 0.6) is 0 Å². The zero-order valence-corrected chi connectivity index (χ0v) is 35.5. The molecule has 3 aliphatic rings. The molecule has 5 aromatic rings. The largest absolute Gasteiger partial charge is 0.354 e. The third-order valence-corrected chi connectivity index (χ3v) is 12.5. The van der Waals surface area contributed by atoms with Crippen molar-refractivity contribution >= 4 is 62.2 Å². The highest BCUT2D eigenvalue weighted by Crippen LogP contribution is 2.36. The van der Waals surface area contributed by atoms with E-state index in [-0.39, 0.29) is 48.0 Å². The van der Waals surface area contributed by atoms with Crippen molar-refractivity contribution in [2.45, 2.75) is 78.6 Å². The number of amides is 5. The standard InChI is InChI=1S/C44H46BrN9O6/c1-5-6-26-17-25(4)49-41(57)32(26)21-47-40(56)31-18-29(19-35-33(31)22-48-54(35)24(2)3)27-8-11-36(46-20-27)52-15-13-51(14-16-52)23-28-7-9-30-38(39(28)45)44(60)53(43(30)59)34-10-12-37(55)50-42(34)58/h7-9,11,17-20,22,24,34H,5-6,10,12-16,21,23H2,1-4H3,(H,47,56)(H,49,57)(H,50,55,58). The van der Waals surface area contributed by atoms with Crippen LogP contribution in [0.4, 0.5) is 5.82 Å². The van der Waals surface area contributed by atoms with E-state index in [0.717, 1.165) is 75.5 Å². The fourth-order valence-corrected chi connectivity index (χ4v) is 9.09. The van der Waals surface area contributed by atoms with Gasteiger partial charge in [-0.1, -0.05) is 19.4 Å². The molecule has 5 amide bonds. The molecule has 1 unspecified atom stereocenters. The first kappa shape index (κ1) is 40.8. The number of piperazine rings is 1. The maximum Gasteiger partial charge on any atom is 0.263 e. The Kier molecular flexibility index (Phi) is 11.3. The van der Waals surface area contributed by atoms with Gasteiger partial charge in [0.1, 0.15) is 11.9 Å². The van der Waals surface area contributed by atoms with Crippen molar-refractivity contribution in [3.8, 4) is 11.1 Å². The van der Waals surface area contributed by atoms with E-state index in [1.165, 1.54) is 0 Å². The topological polar surface area (TPSA) is 183 Å². The van der Waals surface area contributed by atoms with Crippen molar-refractivity contribution in [3.05, 3.63) is 109 Å². The van der Waals surface area contributed by atoms with E-state index < -0.39 is 29.7 Å². The van der Waals surface area contributed by atoms with E-state index >= 15 is 0 Å². The van der Waals surface area contributed by atoms with Gasteiger partial charge in [0.15, 0.2) is 0 Å². The van der Waals surface area contributed by atoms with Crippen LogP contribution in [0.3, 0.4) is 0 Å². The number of nitrogens with zero attached hydrogens (tertiary/aromatic N) is 6. The molecule has 60 heavy (non-hydrogen) atoms. The Hall–Kier alpha value is -6.00. The highest BCUT2D eigenvalue weighted by atomic mass is 79.9. The van der Waals surface area contributed by atoms with E-state index in [2.05, 4.69) is 53.4 Å². The van der Waals surface area contributed by atoms with Gasteiger partial charge in [-0.2, -0.15) is 5.10 Å². The molecule has 15 nitrogen and oxygen atoms in total. The minimum absolute atomic E-state index is 0.0569. The number of nitrogens with one attached hydrogen (secondary N) is 3. The third-order valence-electron chi connectivity index (χ3n) is 11.6. The molecule has 2 saturated heterocycles. The average molecular weight is 877 g/mol. The predicted molar refractivity (Wildman–Crippen MR) is 229 cm³/mol. The zero-order chi connectivity index (χ0) is 42.4. The quantitative estimate of drug-likeness (QED) is 0.152. The van der Waals surface area contributed by atoms with E-state index in [1.54, 1.807) is 12.3 Å². The normalized spacial score (nSPS) is 17.2. The first-order chi connectivity index (χ1) is 28.8. The summed E-state index contributed by atoms with van der Waals surface area (Å²) in [7, 11) is 0. The van der Waals surface area contributed by atoms with Crippen LogP contribution < -0.4 is 21.1 Å². The second-order valence-corrected chi connectivity index (χ2v) is 16.7. The number of piperidine rings is 1. The van der Waals surface area contributed by atoms with Crippen molar-refractivity contribution < 1.29 is 24.0 Å². The number of anilines is 1. The van der Waals surface area contributed by atoms with Crippen LogP contribution in [0.1, 0.15) is 99.5 Å². The van der Waals surface area contributed by atoms with Gasteiger partial charge in [0.25, 0.3) is 23.3 Å². The highest BCUT2D eigenvalue weighted by Gasteiger charge is 2.46. The number of halogens is 1. The van der Waals surface area contributed by atoms with Gasteiger partial charge in [0, 0.05) is 84.6 Å². The summed E-state index contributed by atoms with van der Waals surface area (Å²) in [5, 5.41) is 10.6. The van der Waals surface area contributed by atoms with Crippen LogP contribution in [0.15, 0.2) is 64.1 Å². The first-order valence-corrected chi connectivity index (χ1v) is 21.1. The van der Waals surface area contributed by atoms with Gasteiger partial charge in [-0.25, -0.2) is 4.98 Å². The number of fused-ring (bicyclic) bond motifs is 2. The molecule has 0 saturated carbocycles. The SMILES string of the molecule is CCCc1cc(C)[nH]c(=O)c1CNC(=O)c1cc(-c2ccc(N3CCN(Cc4ccc5c(c4Br)C(=O)N(C4CCC(=O)NC4=O)C5=O)CC3)nc2)cc2c1cnn2C(C)C. The fraction of sp³-hybridized carbons (Fsp3) is 0.364. The lowest BCUT2D eigenvalue weighted by Gasteiger charge is -2.35. The third kappa shape index (κ3) is 7.65. The van der Waals surface area contributed by atoms with Crippen LogP contribution >= 0.6 is 15.9 Å². The fourth-order valence-electron chi connectivity index (χ4n) is 8.45. The molecule has 0 aliphatic carbocycles. The van der Waals surface area contributed by atoms with E-state index in [9.17, 15) is 28.8 Å². The average Bonchev–Trinajstić information content (AvgIpc) is 3.77. The summed E-state index contributed by atoms with van der Waals surface area (Å²) in [6.45, 7) is 11.5. The summed E-state index contributed by atoms with van der Waals surface area (Å²) in [6.07, 6.45) is 5.32. The van der Waals surface area contributed by atoms with Gasteiger partial charge in [0.2, 0.25) is 11.8 Å². The summed E-state index contributed by atoms with van der Waals surface area (Å²) in [4.78, 5) is 91.0. The number of benzene rings is 2. The molecular formula is C44H46BrN9O6. The molecule has 2 aromatic carbocycles. The van der Waals surface area contributed by atoms with E-state index in [0.29, 0.717) is 35.2 Å². The van der Waals surface area contributed by atoms with Crippen molar-refractivity contribution in [2.24, 2.45) is 0 Å². The van der Waals surface area contributed by atoms with Crippen LogP contribution in [0.25, 0.3) is 22.0 Å². The van der Waals surface area contributed by atoms with Crippen LogP contribution in [0.2, 0.25) is 0 Å². The summed E-state index contributed by atoms with van der Waals surface area (Å²) in [5.41, 5.74) is 6.38. The number of aromatic nitrogens is 4. The number of aryl methyl sites for hydroxylation is 2. The molecule has 3 N–H and O–H groups in total. The molecule has 8 rings (SSSR count). The van der Waals surface area contributed by atoms with Crippen molar-refractivity contribution in [1.82, 2.24) is 40.2 Å². The first-order valence-electron chi connectivity index (χ1n) is 20.3. The minimum atomic E-state index is -1.02. The van der Waals surface area contributed by atoms with Crippen LogP contribution in [-0.4, -0.2) is 91.3 Å². The number of pyridine rings is 2. The second kappa shape index (κ2) is 16.6. The van der Waals surface area contributed by atoms with Gasteiger partial charge < -0.3 is 15.2 Å². The summed E-state index contributed by atoms with van der Waals surface area (Å²) < 4.78 is 2.43.